The number of carbonyl (C=O) groups is 1. The van der Waals surface area contributed by atoms with Gasteiger partial charge in [0, 0.05) is 19.6 Å². The number of likely N-dealkylation sites (N-methyl/N-ethyl adjacent to an activating group) is 1. The average molecular weight is 253 g/mol. The number of nitrogens with two attached hydrogens (primary N) is 1. The van der Waals surface area contributed by atoms with Gasteiger partial charge < -0.3 is 16.0 Å². The second-order valence-corrected chi connectivity index (χ2v) is 6.35. The highest BCUT2D eigenvalue weighted by atomic mass is 16.1. The van der Waals surface area contributed by atoms with E-state index in [1.54, 1.807) is 0 Å². The summed E-state index contributed by atoms with van der Waals surface area (Å²) in [5.41, 5.74) is 4.91. The zero-order valence-corrected chi connectivity index (χ0v) is 11.7. The molecule has 1 heterocycles. The SMILES string of the molecule is CNC(C)(CCN1CC2CCCC(C2)C1)C(N)=O. The highest BCUT2D eigenvalue weighted by molar-refractivity contribution is 5.84. The molecule has 1 aliphatic heterocycles. The van der Waals surface area contributed by atoms with Gasteiger partial charge in [0.25, 0.3) is 0 Å². The van der Waals surface area contributed by atoms with Gasteiger partial charge in [0.1, 0.15) is 0 Å². The van der Waals surface area contributed by atoms with Gasteiger partial charge >= 0.3 is 0 Å². The molecule has 3 atom stereocenters. The number of likely N-dealkylation sites (tertiary alicyclic amines) is 1. The Kier molecular flexibility index (Phi) is 4.28. The summed E-state index contributed by atoms with van der Waals surface area (Å²) < 4.78 is 0. The number of fused-ring (bicyclic) bond motifs is 2. The van der Waals surface area contributed by atoms with Crippen LogP contribution in [-0.4, -0.2) is 43.0 Å². The fourth-order valence-corrected chi connectivity index (χ4v) is 3.47. The van der Waals surface area contributed by atoms with E-state index in [-0.39, 0.29) is 5.91 Å². The minimum atomic E-state index is -0.563. The molecule has 18 heavy (non-hydrogen) atoms. The second-order valence-electron chi connectivity index (χ2n) is 6.35. The number of rotatable bonds is 5. The van der Waals surface area contributed by atoms with Gasteiger partial charge in [-0.25, -0.2) is 0 Å². The van der Waals surface area contributed by atoms with Crippen LogP contribution in [0.3, 0.4) is 0 Å². The first kappa shape index (κ1) is 13.8. The van der Waals surface area contributed by atoms with E-state index < -0.39 is 5.54 Å². The lowest BCUT2D eigenvalue weighted by Crippen LogP contribution is -2.54. The zero-order chi connectivity index (χ0) is 13.2. The van der Waals surface area contributed by atoms with Gasteiger partial charge in [0.2, 0.25) is 5.91 Å². The fourth-order valence-electron chi connectivity index (χ4n) is 3.47. The highest BCUT2D eigenvalue weighted by Gasteiger charge is 2.33. The van der Waals surface area contributed by atoms with E-state index in [4.69, 9.17) is 5.73 Å². The largest absolute Gasteiger partial charge is 0.368 e. The lowest BCUT2D eigenvalue weighted by atomic mass is 9.78. The number of piperidine rings is 1. The minimum absolute atomic E-state index is 0.248. The number of primary amides is 1. The lowest BCUT2D eigenvalue weighted by Gasteiger charge is -2.42. The van der Waals surface area contributed by atoms with Gasteiger partial charge in [-0.05, 0) is 51.5 Å². The van der Waals surface area contributed by atoms with Gasteiger partial charge in [-0.1, -0.05) is 6.42 Å². The van der Waals surface area contributed by atoms with Crippen LogP contribution in [0.2, 0.25) is 0 Å². The van der Waals surface area contributed by atoms with Crippen molar-refractivity contribution in [1.29, 1.82) is 0 Å². The van der Waals surface area contributed by atoms with E-state index in [1.807, 2.05) is 14.0 Å². The quantitative estimate of drug-likeness (QED) is 0.767. The number of hydrogen-bond donors (Lipinski definition) is 2. The molecule has 0 aromatic heterocycles. The number of hydrogen-bond acceptors (Lipinski definition) is 3. The van der Waals surface area contributed by atoms with E-state index in [9.17, 15) is 4.79 Å². The molecule has 2 bridgehead atoms. The van der Waals surface area contributed by atoms with Gasteiger partial charge in [0.05, 0.1) is 5.54 Å². The fraction of sp³-hybridized carbons (Fsp3) is 0.929. The van der Waals surface area contributed by atoms with E-state index in [0.717, 1.165) is 24.8 Å². The predicted octanol–water partition coefficient (Wildman–Crippen LogP) is 0.962. The van der Waals surface area contributed by atoms with Crippen molar-refractivity contribution < 1.29 is 4.79 Å². The summed E-state index contributed by atoms with van der Waals surface area (Å²) in [6.07, 6.45) is 6.44. The van der Waals surface area contributed by atoms with Crippen molar-refractivity contribution in [2.24, 2.45) is 17.6 Å². The van der Waals surface area contributed by atoms with E-state index in [0.29, 0.717) is 0 Å². The Hall–Kier alpha value is -0.610. The van der Waals surface area contributed by atoms with Gasteiger partial charge in [-0.3, -0.25) is 4.79 Å². The van der Waals surface area contributed by atoms with Crippen LogP contribution >= 0.6 is 0 Å². The van der Waals surface area contributed by atoms with Crippen molar-refractivity contribution in [3.8, 4) is 0 Å². The Morgan fingerprint density at radius 3 is 2.50 bits per heavy atom. The predicted molar refractivity (Wildman–Crippen MR) is 73.2 cm³/mol. The first-order chi connectivity index (χ1) is 8.53. The normalized spacial score (nSPS) is 31.9. The van der Waals surface area contributed by atoms with Crippen molar-refractivity contribution in [2.75, 3.05) is 26.7 Å². The molecule has 1 amide bonds. The molecule has 0 aromatic carbocycles. The summed E-state index contributed by atoms with van der Waals surface area (Å²) in [6, 6.07) is 0. The topological polar surface area (TPSA) is 58.4 Å². The van der Waals surface area contributed by atoms with Crippen LogP contribution in [-0.2, 0) is 4.79 Å². The molecule has 1 aliphatic carbocycles. The summed E-state index contributed by atoms with van der Waals surface area (Å²) in [6.45, 7) is 5.32. The first-order valence-corrected chi connectivity index (χ1v) is 7.24. The van der Waals surface area contributed by atoms with Gasteiger partial charge in [0.15, 0.2) is 0 Å². The molecule has 1 saturated heterocycles. The maximum Gasteiger partial charge on any atom is 0.237 e. The molecule has 3 unspecified atom stereocenters. The Bertz CT molecular complexity index is 295. The maximum absolute atomic E-state index is 11.5. The molecule has 0 radical (unpaired) electrons. The monoisotopic (exact) mass is 253 g/mol. The van der Waals surface area contributed by atoms with E-state index >= 15 is 0 Å². The molecule has 2 fully saturated rings. The molecular weight excluding hydrogens is 226 g/mol. The molecule has 104 valence electrons. The number of nitrogens with one attached hydrogen (secondary N) is 1. The second kappa shape index (κ2) is 5.57. The summed E-state index contributed by atoms with van der Waals surface area (Å²) >= 11 is 0. The summed E-state index contributed by atoms with van der Waals surface area (Å²) in [7, 11) is 1.82. The maximum atomic E-state index is 11.5. The van der Waals surface area contributed by atoms with Crippen molar-refractivity contribution in [3.63, 3.8) is 0 Å². The van der Waals surface area contributed by atoms with Crippen molar-refractivity contribution in [1.82, 2.24) is 10.2 Å². The van der Waals surface area contributed by atoms with Crippen LogP contribution in [0, 0.1) is 11.8 Å². The van der Waals surface area contributed by atoms with Crippen LogP contribution in [0.4, 0.5) is 0 Å². The molecule has 0 aromatic rings. The Morgan fingerprint density at radius 1 is 1.39 bits per heavy atom. The molecule has 2 rings (SSSR count). The smallest absolute Gasteiger partial charge is 0.237 e. The molecule has 0 spiro atoms. The van der Waals surface area contributed by atoms with Crippen LogP contribution in [0.25, 0.3) is 0 Å². The number of nitrogens with zero attached hydrogens (tertiary/aromatic N) is 1. The van der Waals surface area contributed by atoms with Crippen LogP contribution in [0.15, 0.2) is 0 Å². The van der Waals surface area contributed by atoms with E-state index in [1.165, 1.54) is 38.8 Å². The third-order valence-corrected chi connectivity index (χ3v) is 4.95. The third kappa shape index (κ3) is 3.04. The summed E-state index contributed by atoms with van der Waals surface area (Å²) in [5.74, 6) is 1.54. The van der Waals surface area contributed by atoms with Crippen molar-refractivity contribution in [3.05, 3.63) is 0 Å². The Balaban J connectivity index is 1.85. The van der Waals surface area contributed by atoms with E-state index in [2.05, 4.69) is 10.2 Å². The standard InChI is InChI=1S/C14H27N3O/c1-14(16-2,13(15)18)6-7-17-9-11-4-3-5-12(8-11)10-17/h11-12,16H,3-10H2,1-2H3,(H2,15,18). The van der Waals surface area contributed by atoms with Crippen LogP contribution in [0.5, 0.6) is 0 Å². The Morgan fingerprint density at radius 2 is 2.00 bits per heavy atom. The number of amides is 1. The van der Waals surface area contributed by atoms with Gasteiger partial charge in [-0.2, -0.15) is 0 Å². The van der Waals surface area contributed by atoms with Crippen molar-refractivity contribution >= 4 is 5.91 Å². The first-order valence-electron chi connectivity index (χ1n) is 7.24. The molecule has 4 heteroatoms. The average Bonchev–Trinajstić information content (AvgIpc) is 2.35. The summed E-state index contributed by atoms with van der Waals surface area (Å²) in [4.78, 5) is 14.0. The highest BCUT2D eigenvalue weighted by Crippen LogP contribution is 2.34. The summed E-state index contributed by atoms with van der Waals surface area (Å²) in [5, 5.41) is 3.07. The zero-order valence-electron chi connectivity index (χ0n) is 11.7. The lowest BCUT2D eigenvalue weighted by molar-refractivity contribution is -0.124. The van der Waals surface area contributed by atoms with Crippen molar-refractivity contribution in [2.45, 2.75) is 44.6 Å². The van der Waals surface area contributed by atoms with Gasteiger partial charge in [-0.15, -0.1) is 0 Å². The van der Waals surface area contributed by atoms with Crippen LogP contribution in [0.1, 0.15) is 39.0 Å². The Labute approximate surface area is 110 Å². The molecule has 2 aliphatic rings. The third-order valence-electron chi connectivity index (χ3n) is 4.95. The molecule has 4 nitrogen and oxygen atoms in total. The molecule has 3 N–H and O–H groups in total. The van der Waals surface area contributed by atoms with Crippen LogP contribution < -0.4 is 11.1 Å². The molecule has 1 saturated carbocycles. The number of carbonyl (C=O) groups excluding carboxylic acids is 1. The molecular formula is C14H27N3O. The minimum Gasteiger partial charge on any atom is -0.368 e.